The number of urea groups is 1. The van der Waals surface area contributed by atoms with Gasteiger partial charge in [0.15, 0.2) is 5.78 Å². The summed E-state index contributed by atoms with van der Waals surface area (Å²) >= 11 is 0. The summed E-state index contributed by atoms with van der Waals surface area (Å²) in [6.45, 7) is 6.49. The first-order valence-electron chi connectivity index (χ1n) is 10.3. The largest absolute Gasteiger partial charge is 0.462 e. The lowest BCUT2D eigenvalue weighted by Crippen LogP contribution is -2.44. The molecule has 8 heteroatoms. The maximum Gasteiger partial charge on any atom is 0.340 e. The second-order valence-corrected chi connectivity index (χ2v) is 7.91. The zero-order valence-corrected chi connectivity index (χ0v) is 18.2. The molecule has 0 unspecified atom stereocenters. The Hall–Kier alpha value is -3.42. The van der Waals surface area contributed by atoms with Crippen molar-refractivity contribution < 1.29 is 23.9 Å². The molecule has 2 N–H and O–H groups in total. The summed E-state index contributed by atoms with van der Waals surface area (Å²) in [6.07, 6.45) is 1.03. The van der Waals surface area contributed by atoms with E-state index in [0.29, 0.717) is 29.7 Å². The topological polar surface area (TPSA) is 109 Å². The second kappa shape index (κ2) is 8.75. The number of nitrogens with zero attached hydrogens (tertiary/aromatic N) is 1. The van der Waals surface area contributed by atoms with Gasteiger partial charge in [-0.25, -0.2) is 9.59 Å². The predicted molar refractivity (Wildman–Crippen MR) is 114 cm³/mol. The number of Topliss-reactive ketones (excluding diaryl/α,β-unsaturated/α-hetero) is 1. The van der Waals surface area contributed by atoms with Crippen molar-refractivity contribution in [1.82, 2.24) is 15.2 Å². The van der Waals surface area contributed by atoms with E-state index in [1.165, 1.54) is 0 Å². The maximum absolute atomic E-state index is 13.0. The van der Waals surface area contributed by atoms with Gasteiger partial charge in [-0.3, -0.25) is 14.5 Å². The normalized spacial score (nSPS) is 18.3. The molecule has 0 radical (unpaired) electrons. The number of imide groups is 1. The van der Waals surface area contributed by atoms with Crippen molar-refractivity contribution in [3.8, 4) is 0 Å². The lowest BCUT2D eigenvalue weighted by atomic mass is 9.93. The summed E-state index contributed by atoms with van der Waals surface area (Å²) in [5.74, 6) is -1.41. The van der Waals surface area contributed by atoms with Gasteiger partial charge < -0.3 is 15.0 Å². The molecule has 0 bridgehead atoms. The molecule has 2 aromatic rings. The lowest BCUT2D eigenvalue weighted by molar-refractivity contribution is -0.130. The molecule has 0 saturated carbocycles. The van der Waals surface area contributed by atoms with Crippen LogP contribution in [-0.2, 0) is 16.0 Å². The van der Waals surface area contributed by atoms with Crippen LogP contribution in [0.2, 0.25) is 0 Å². The van der Waals surface area contributed by atoms with E-state index in [1.807, 2.05) is 30.3 Å². The number of rotatable bonds is 8. The van der Waals surface area contributed by atoms with Crippen LogP contribution in [0.1, 0.15) is 57.9 Å². The molecule has 0 aliphatic carbocycles. The van der Waals surface area contributed by atoms with Crippen LogP contribution in [0.15, 0.2) is 30.3 Å². The number of aromatic amines is 1. The van der Waals surface area contributed by atoms with Gasteiger partial charge in [-0.15, -0.1) is 0 Å². The third kappa shape index (κ3) is 4.38. The average molecular weight is 425 g/mol. The fourth-order valence-corrected chi connectivity index (χ4v) is 3.86. The first-order chi connectivity index (χ1) is 14.7. The molecule has 1 aliphatic rings. The van der Waals surface area contributed by atoms with Crippen LogP contribution in [-0.4, -0.2) is 52.3 Å². The SMILES string of the molecule is CCOC(=O)c1c(C)[nH]c(C(=O)CN2C(=O)N[C@](C)(CCc3ccccc3)C2=O)c1C. The summed E-state index contributed by atoms with van der Waals surface area (Å²) < 4.78 is 5.04. The molecule has 1 fully saturated rings. The Morgan fingerprint density at radius 1 is 1.13 bits per heavy atom. The number of hydrogen-bond donors (Lipinski definition) is 2. The molecular formula is C23H27N3O5. The molecule has 164 valence electrons. The highest BCUT2D eigenvalue weighted by molar-refractivity contribution is 6.11. The van der Waals surface area contributed by atoms with Crippen LogP contribution in [0.4, 0.5) is 4.79 Å². The highest BCUT2D eigenvalue weighted by atomic mass is 16.5. The molecule has 8 nitrogen and oxygen atoms in total. The maximum atomic E-state index is 13.0. The smallest absolute Gasteiger partial charge is 0.340 e. The van der Waals surface area contributed by atoms with Crippen LogP contribution in [0.3, 0.4) is 0 Å². The highest BCUT2D eigenvalue weighted by Crippen LogP contribution is 2.25. The highest BCUT2D eigenvalue weighted by Gasteiger charge is 2.48. The van der Waals surface area contributed by atoms with E-state index in [1.54, 1.807) is 27.7 Å². The van der Waals surface area contributed by atoms with Crippen molar-refractivity contribution in [1.29, 1.82) is 0 Å². The third-order valence-electron chi connectivity index (χ3n) is 5.60. The molecular weight excluding hydrogens is 398 g/mol. The fourth-order valence-electron chi connectivity index (χ4n) is 3.86. The van der Waals surface area contributed by atoms with E-state index in [9.17, 15) is 19.2 Å². The number of H-pyrrole nitrogens is 1. The minimum absolute atomic E-state index is 0.194. The molecule has 2 heterocycles. The van der Waals surface area contributed by atoms with Crippen LogP contribution >= 0.6 is 0 Å². The quantitative estimate of drug-likeness (QED) is 0.384. The molecule has 1 saturated heterocycles. The number of nitrogens with one attached hydrogen (secondary N) is 2. The molecule has 1 aliphatic heterocycles. The molecule has 1 aromatic heterocycles. The average Bonchev–Trinajstić information content (AvgIpc) is 3.15. The summed E-state index contributed by atoms with van der Waals surface area (Å²) in [6, 6.07) is 9.08. The van der Waals surface area contributed by atoms with Gasteiger partial charge in [0.1, 0.15) is 5.54 Å². The Kier molecular flexibility index (Phi) is 6.29. The summed E-state index contributed by atoms with van der Waals surface area (Å²) in [5, 5.41) is 2.72. The van der Waals surface area contributed by atoms with Crippen molar-refractivity contribution in [3.05, 3.63) is 58.4 Å². The van der Waals surface area contributed by atoms with Crippen molar-refractivity contribution in [2.24, 2.45) is 0 Å². The Bertz CT molecular complexity index is 1030. The van der Waals surface area contributed by atoms with E-state index in [4.69, 9.17) is 4.74 Å². The number of aryl methyl sites for hydroxylation is 2. The predicted octanol–water partition coefficient (Wildman–Crippen LogP) is 2.93. The molecule has 3 amide bonds. The van der Waals surface area contributed by atoms with Gasteiger partial charge in [-0.1, -0.05) is 30.3 Å². The molecule has 1 aromatic carbocycles. The molecule has 3 rings (SSSR count). The number of ether oxygens (including phenoxy) is 1. The number of esters is 1. The minimum atomic E-state index is -1.08. The van der Waals surface area contributed by atoms with Crippen molar-refractivity contribution in [3.63, 3.8) is 0 Å². The van der Waals surface area contributed by atoms with Crippen LogP contribution in [0.25, 0.3) is 0 Å². The number of carbonyl (C=O) groups is 4. The van der Waals surface area contributed by atoms with E-state index < -0.39 is 35.8 Å². The van der Waals surface area contributed by atoms with Gasteiger partial charge in [0.2, 0.25) is 0 Å². The number of benzene rings is 1. The van der Waals surface area contributed by atoms with Gasteiger partial charge in [-0.2, -0.15) is 0 Å². The number of carbonyl (C=O) groups excluding carboxylic acids is 4. The Labute approximate surface area is 181 Å². The molecule has 0 spiro atoms. The summed E-state index contributed by atoms with van der Waals surface area (Å²) in [5.41, 5.74) is 1.42. The Balaban J connectivity index is 1.73. The summed E-state index contributed by atoms with van der Waals surface area (Å²) in [7, 11) is 0. The van der Waals surface area contributed by atoms with Crippen molar-refractivity contribution in [2.45, 2.75) is 46.1 Å². The van der Waals surface area contributed by atoms with Gasteiger partial charge in [0, 0.05) is 5.69 Å². The monoisotopic (exact) mass is 425 g/mol. The Morgan fingerprint density at radius 2 is 1.81 bits per heavy atom. The van der Waals surface area contributed by atoms with Gasteiger partial charge >= 0.3 is 12.0 Å². The summed E-state index contributed by atoms with van der Waals surface area (Å²) in [4.78, 5) is 54.4. The lowest BCUT2D eigenvalue weighted by Gasteiger charge is -2.21. The van der Waals surface area contributed by atoms with E-state index in [2.05, 4.69) is 10.3 Å². The van der Waals surface area contributed by atoms with Crippen LogP contribution in [0, 0.1) is 13.8 Å². The van der Waals surface area contributed by atoms with Gasteiger partial charge in [0.05, 0.1) is 24.4 Å². The van der Waals surface area contributed by atoms with Crippen LogP contribution < -0.4 is 5.32 Å². The van der Waals surface area contributed by atoms with Crippen molar-refractivity contribution >= 4 is 23.7 Å². The first-order valence-corrected chi connectivity index (χ1v) is 10.3. The van der Waals surface area contributed by atoms with E-state index in [-0.39, 0.29) is 12.3 Å². The first kappa shape index (κ1) is 22.3. The number of amides is 3. The van der Waals surface area contributed by atoms with Crippen molar-refractivity contribution in [2.75, 3.05) is 13.2 Å². The molecule has 31 heavy (non-hydrogen) atoms. The van der Waals surface area contributed by atoms with E-state index >= 15 is 0 Å². The van der Waals surface area contributed by atoms with E-state index in [0.717, 1.165) is 10.5 Å². The third-order valence-corrected chi connectivity index (χ3v) is 5.60. The minimum Gasteiger partial charge on any atom is -0.462 e. The zero-order valence-electron chi connectivity index (χ0n) is 18.2. The Morgan fingerprint density at radius 3 is 2.45 bits per heavy atom. The number of ketones is 1. The fraction of sp³-hybridized carbons (Fsp3) is 0.391. The molecule has 1 atom stereocenters. The zero-order chi connectivity index (χ0) is 22.8. The van der Waals surface area contributed by atoms with Crippen LogP contribution in [0.5, 0.6) is 0 Å². The van der Waals surface area contributed by atoms with Gasteiger partial charge in [0.25, 0.3) is 5.91 Å². The number of aromatic nitrogens is 1. The number of hydrogen-bond acceptors (Lipinski definition) is 5. The second-order valence-electron chi connectivity index (χ2n) is 7.91. The van der Waals surface area contributed by atoms with Gasteiger partial charge in [-0.05, 0) is 51.7 Å². The standard InChI is InChI=1S/C23H27N3O5/c1-5-31-20(28)18-14(2)19(24-15(18)3)17(27)13-26-21(29)23(4,25-22(26)30)12-11-16-9-7-6-8-10-16/h6-10,24H,5,11-13H2,1-4H3,(H,25,30)/t23-/m1/s1.